The van der Waals surface area contributed by atoms with Crippen LogP contribution < -0.4 is 5.32 Å². The molecule has 5 heteroatoms. The topological polar surface area (TPSA) is 47.7 Å². The van der Waals surface area contributed by atoms with Gasteiger partial charge >= 0.3 is 0 Å². The molecule has 2 aromatic rings. The minimum absolute atomic E-state index is 0.267. The van der Waals surface area contributed by atoms with Crippen molar-refractivity contribution in [3.05, 3.63) is 35.4 Å². The lowest BCUT2D eigenvalue weighted by Crippen LogP contribution is -2.20. The summed E-state index contributed by atoms with van der Waals surface area (Å²) < 4.78 is 3.73. The average Bonchev–Trinajstić information content (AvgIpc) is 2.92. The van der Waals surface area contributed by atoms with Gasteiger partial charge in [0.25, 0.3) is 0 Å². The standard InChI is InChI=1S/C13H21N5/c1-5-12-11(9-18(4)16-12)13(14-2)8-10-6-7-17(3)15-10/h6-7,9,13-14H,5,8H2,1-4H3. The van der Waals surface area contributed by atoms with E-state index in [0.29, 0.717) is 0 Å². The smallest absolute Gasteiger partial charge is 0.0669 e. The van der Waals surface area contributed by atoms with Gasteiger partial charge in [0, 0.05) is 44.5 Å². The third kappa shape index (κ3) is 2.61. The Hall–Kier alpha value is -1.62. The van der Waals surface area contributed by atoms with Crippen LogP contribution in [0, 0.1) is 0 Å². The molecule has 0 saturated heterocycles. The minimum atomic E-state index is 0.267. The highest BCUT2D eigenvalue weighted by Gasteiger charge is 2.17. The van der Waals surface area contributed by atoms with Crippen LogP contribution in [0.25, 0.3) is 0 Å². The molecule has 2 rings (SSSR count). The predicted molar refractivity (Wildman–Crippen MR) is 71.3 cm³/mol. The summed E-state index contributed by atoms with van der Waals surface area (Å²) >= 11 is 0. The molecule has 0 aromatic carbocycles. The third-order valence-corrected chi connectivity index (χ3v) is 3.18. The first kappa shape index (κ1) is 12.8. The number of aromatic nitrogens is 4. The van der Waals surface area contributed by atoms with Crippen LogP contribution in [0.4, 0.5) is 0 Å². The number of aryl methyl sites for hydroxylation is 3. The average molecular weight is 247 g/mol. The number of likely N-dealkylation sites (N-methyl/N-ethyl adjacent to an activating group) is 1. The Labute approximate surface area is 108 Å². The molecule has 0 radical (unpaired) electrons. The Morgan fingerprint density at radius 1 is 1.28 bits per heavy atom. The fraction of sp³-hybridized carbons (Fsp3) is 0.538. The van der Waals surface area contributed by atoms with Gasteiger partial charge in [-0.25, -0.2) is 0 Å². The lowest BCUT2D eigenvalue weighted by Gasteiger charge is -2.14. The highest BCUT2D eigenvalue weighted by atomic mass is 15.3. The first-order chi connectivity index (χ1) is 8.63. The molecule has 0 saturated carbocycles. The van der Waals surface area contributed by atoms with Crippen molar-refractivity contribution < 1.29 is 0 Å². The molecule has 18 heavy (non-hydrogen) atoms. The maximum Gasteiger partial charge on any atom is 0.0669 e. The van der Waals surface area contributed by atoms with Crippen molar-refractivity contribution >= 4 is 0 Å². The van der Waals surface area contributed by atoms with E-state index in [-0.39, 0.29) is 6.04 Å². The third-order valence-electron chi connectivity index (χ3n) is 3.18. The van der Waals surface area contributed by atoms with Gasteiger partial charge in [-0.2, -0.15) is 10.2 Å². The van der Waals surface area contributed by atoms with Gasteiger partial charge in [0.15, 0.2) is 0 Å². The van der Waals surface area contributed by atoms with E-state index < -0.39 is 0 Å². The first-order valence-corrected chi connectivity index (χ1v) is 6.32. The summed E-state index contributed by atoms with van der Waals surface area (Å²) in [6.07, 6.45) is 5.92. The largest absolute Gasteiger partial charge is 0.313 e. The lowest BCUT2D eigenvalue weighted by atomic mass is 10.0. The Morgan fingerprint density at radius 3 is 2.61 bits per heavy atom. The monoisotopic (exact) mass is 247 g/mol. The zero-order valence-corrected chi connectivity index (χ0v) is 11.5. The molecular weight excluding hydrogens is 226 g/mol. The van der Waals surface area contributed by atoms with Crippen molar-refractivity contribution in [3.8, 4) is 0 Å². The molecule has 0 aliphatic heterocycles. The second kappa shape index (κ2) is 5.35. The molecule has 0 amide bonds. The van der Waals surface area contributed by atoms with Crippen LogP contribution in [-0.2, 0) is 26.9 Å². The molecule has 0 bridgehead atoms. The van der Waals surface area contributed by atoms with Gasteiger partial charge in [0.1, 0.15) is 0 Å². The molecule has 0 spiro atoms. The van der Waals surface area contributed by atoms with E-state index in [9.17, 15) is 0 Å². The Balaban J connectivity index is 2.22. The van der Waals surface area contributed by atoms with E-state index in [2.05, 4.69) is 34.7 Å². The number of hydrogen-bond donors (Lipinski definition) is 1. The van der Waals surface area contributed by atoms with Gasteiger partial charge in [0.2, 0.25) is 0 Å². The van der Waals surface area contributed by atoms with Gasteiger partial charge in [-0.15, -0.1) is 0 Å². The zero-order chi connectivity index (χ0) is 13.1. The number of nitrogens with zero attached hydrogens (tertiary/aromatic N) is 4. The molecular formula is C13H21N5. The van der Waals surface area contributed by atoms with Crippen LogP contribution >= 0.6 is 0 Å². The minimum Gasteiger partial charge on any atom is -0.313 e. The second-order valence-corrected chi connectivity index (χ2v) is 4.58. The molecule has 1 N–H and O–H groups in total. The summed E-state index contributed by atoms with van der Waals surface area (Å²) in [5.74, 6) is 0. The molecule has 0 aliphatic carbocycles. The van der Waals surface area contributed by atoms with E-state index >= 15 is 0 Å². The molecule has 0 aliphatic rings. The van der Waals surface area contributed by atoms with Crippen LogP contribution in [0.3, 0.4) is 0 Å². The van der Waals surface area contributed by atoms with Gasteiger partial charge in [-0.05, 0) is 19.5 Å². The van der Waals surface area contributed by atoms with Crippen molar-refractivity contribution in [1.29, 1.82) is 0 Å². The summed E-state index contributed by atoms with van der Waals surface area (Å²) in [6, 6.07) is 2.33. The first-order valence-electron chi connectivity index (χ1n) is 6.32. The normalized spacial score (nSPS) is 12.9. The van der Waals surface area contributed by atoms with Crippen molar-refractivity contribution in [2.75, 3.05) is 7.05 Å². The van der Waals surface area contributed by atoms with Gasteiger partial charge in [-0.3, -0.25) is 9.36 Å². The molecule has 0 fully saturated rings. The second-order valence-electron chi connectivity index (χ2n) is 4.58. The van der Waals surface area contributed by atoms with Crippen molar-refractivity contribution in [2.24, 2.45) is 14.1 Å². The fourth-order valence-corrected chi connectivity index (χ4v) is 2.27. The molecule has 2 aromatic heterocycles. The maximum absolute atomic E-state index is 4.50. The highest BCUT2D eigenvalue weighted by molar-refractivity contribution is 5.23. The van der Waals surface area contributed by atoms with Crippen LogP contribution in [-0.4, -0.2) is 26.6 Å². The molecule has 1 unspecified atom stereocenters. The number of rotatable bonds is 5. The summed E-state index contributed by atoms with van der Waals surface area (Å²) in [4.78, 5) is 0. The summed E-state index contributed by atoms with van der Waals surface area (Å²) in [6.45, 7) is 2.14. The number of hydrogen-bond acceptors (Lipinski definition) is 3. The Bertz CT molecular complexity index is 511. The molecule has 2 heterocycles. The summed E-state index contributed by atoms with van der Waals surface area (Å²) in [5, 5.41) is 12.3. The van der Waals surface area contributed by atoms with E-state index in [4.69, 9.17) is 0 Å². The van der Waals surface area contributed by atoms with Crippen molar-refractivity contribution in [2.45, 2.75) is 25.8 Å². The van der Waals surface area contributed by atoms with Crippen molar-refractivity contribution in [3.63, 3.8) is 0 Å². The predicted octanol–water partition coefficient (Wildman–Crippen LogP) is 1.22. The Morgan fingerprint density at radius 2 is 2.06 bits per heavy atom. The molecule has 98 valence electrons. The Kier molecular flexibility index (Phi) is 3.81. The summed E-state index contributed by atoms with van der Waals surface area (Å²) in [5.41, 5.74) is 3.53. The van der Waals surface area contributed by atoms with Crippen LogP contribution in [0.1, 0.15) is 29.9 Å². The highest BCUT2D eigenvalue weighted by Crippen LogP contribution is 2.20. The van der Waals surface area contributed by atoms with E-state index in [1.165, 1.54) is 5.56 Å². The molecule has 1 atom stereocenters. The molecule has 5 nitrogen and oxygen atoms in total. The van der Waals surface area contributed by atoms with E-state index in [1.807, 2.05) is 36.7 Å². The SMILES string of the molecule is CCc1nn(C)cc1C(Cc1ccn(C)n1)NC. The van der Waals surface area contributed by atoms with E-state index in [1.54, 1.807) is 0 Å². The van der Waals surface area contributed by atoms with Crippen molar-refractivity contribution in [1.82, 2.24) is 24.9 Å². The number of nitrogens with one attached hydrogen (secondary N) is 1. The maximum atomic E-state index is 4.50. The van der Waals surface area contributed by atoms with Gasteiger partial charge < -0.3 is 5.32 Å². The van der Waals surface area contributed by atoms with Gasteiger partial charge in [-0.1, -0.05) is 6.92 Å². The summed E-state index contributed by atoms with van der Waals surface area (Å²) in [7, 11) is 5.90. The van der Waals surface area contributed by atoms with Crippen LogP contribution in [0.5, 0.6) is 0 Å². The van der Waals surface area contributed by atoms with Crippen LogP contribution in [0.15, 0.2) is 18.5 Å². The lowest BCUT2D eigenvalue weighted by molar-refractivity contribution is 0.572. The zero-order valence-electron chi connectivity index (χ0n) is 11.5. The quantitative estimate of drug-likeness (QED) is 0.864. The van der Waals surface area contributed by atoms with Crippen LogP contribution in [0.2, 0.25) is 0 Å². The fourth-order valence-electron chi connectivity index (χ4n) is 2.27. The van der Waals surface area contributed by atoms with E-state index in [0.717, 1.165) is 24.2 Å². The van der Waals surface area contributed by atoms with Gasteiger partial charge in [0.05, 0.1) is 11.4 Å².